The van der Waals surface area contributed by atoms with Crippen LogP contribution in [-0.4, -0.2) is 22.8 Å². The Labute approximate surface area is 124 Å². The first kappa shape index (κ1) is 15.1. The number of rotatable bonds is 5. The number of methoxy groups -OCH3 is 1. The van der Waals surface area contributed by atoms with E-state index in [1.54, 1.807) is 18.0 Å². The van der Waals surface area contributed by atoms with Crippen LogP contribution in [0.2, 0.25) is 0 Å². The molecule has 1 aromatic carbocycles. The number of nitrogens with zero attached hydrogens (tertiary/aromatic N) is 2. The molecule has 0 spiro atoms. The zero-order chi connectivity index (χ0) is 15.4. The Morgan fingerprint density at radius 2 is 2.14 bits per heavy atom. The highest BCUT2D eigenvalue weighted by molar-refractivity contribution is 5.95. The third-order valence-electron chi connectivity index (χ3n) is 3.71. The molecule has 2 rings (SSSR count). The van der Waals surface area contributed by atoms with E-state index in [4.69, 9.17) is 4.74 Å². The summed E-state index contributed by atoms with van der Waals surface area (Å²) in [4.78, 5) is 12.4. The second kappa shape index (κ2) is 6.43. The van der Waals surface area contributed by atoms with Crippen LogP contribution in [0.15, 0.2) is 30.5 Å². The lowest BCUT2D eigenvalue weighted by molar-refractivity contribution is 0.0934. The molecule has 112 valence electrons. The van der Waals surface area contributed by atoms with Crippen LogP contribution in [-0.2, 0) is 7.05 Å². The highest BCUT2D eigenvalue weighted by atomic mass is 16.5. The largest absolute Gasteiger partial charge is 0.496 e. The monoisotopic (exact) mass is 287 g/mol. The quantitative estimate of drug-likeness (QED) is 0.919. The summed E-state index contributed by atoms with van der Waals surface area (Å²) in [7, 11) is 3.46. The molecule has 0 aliphatic heterocycles. The van der Waals surface area contributed by atoms with E-state index in [1.807, 2.05) is 45.2 Å². The second-order valence-corrected chi connectivity index (χ2v) is 4.94. The number of ether oxygens (including phenoxy) is 1. The van der Waals surface area contributed by atoms with Crippen molar-refractivity contribution in [3.05, 3.63) is 47.3 Å². The third kappa shape index (κ3) is 3.07. The lowest BCUT2D eigenvalue weighted by Crippen LogP contribution is -2.28. The summed E-state index contributed by atoms with van der Waals surface area (Å²) in [5.74, 6) is 0.672. The highest BCUT2D eigenvalue weighted by Crippen LogP contribution is 2.27. The summed E-state index contributed by atoms with van der Waals surface area (Å²) in [6, 6.07) is 7.65. The Hall–Kier alpha value is -2.30. The van der Waals surface area contributed by atoms with Crippen LogP contribution in [0.3, 0.4) is 0 Å². The summed E-state index contributed by atoms with van der Waals surface area (Å²) >= 11 is 0. The maximum atomic E-state index is 12.4. The standard InChI is InChI=1S/C16H21N3O2/c1-5-14(12-8-6-7-9-15(12)21-4)18-16(20)13-10-17-19(3)11(13)2/h6-10,14H,5H2,1-4H3,(H,18,20). The molecule has 0 fully saturated rings. The molecular weight excluding hydrogens is 266 g/mol. The van der Waals surface area contributed by atoms with Gasteiger partial charge in [-0.3, -0.25) is 9.48 Å². The van der Waals surface area contributed by atoms with Crippen molar-refractivity contribution in [2.24, 2.45) is 7.05 Å². The van der Waals surface area contributed by atoms with Gasteiger partial charge in [0.05, 0.1) is 24.9 Å². The van der Waals surface area contributed by atoms with Crippen LogP contribution in [0.5, 0.6) is 5.75 Å². The molecule has 0 radical (unpaired) electrons. The van der Waals surface area contributed by atoms with E-state index in [1.165, 1.54) is 0 Å². The zero-order valence-corrected chi connectivity index (χ0v) is 12.9. The molecule has 1 heterocycles. The predicted octanol–water partition coefficient (Wildman–Crippen LogP) is 2.62. The fourth-order valence-electron chi connectivity index (χ4n) is 2.31. The van der Waals surface area contributed by atoms with Crippen LogP contribution in [0.1, 0.15) is 41.0 Å². The van der Waals surface area contributed by atoms with Gasteiger partial charge >= 0.3 is 0 Å². The van der Waals surface area contributed by atoms with Gasteiger partial charge in [-0.1, -0.05) is 25.1 Å². The average molecular weight is 287 g/mol. The van der Waals surface area contributed by atoms with E-state index in [0.717, 1.165) is 23.4 Å². The SMILES string of the molecule is CCC(NC(=O)c1cnn(C)c1C)c1ccccc1OC. The fraction of sp³-hybridized carbons (Fsp3) is 0.375. The molecule has 1 atom stereocenters. The summed E-state index contributed by atoms with van der Waals surface area (Å²) in [6.07, 6.45) is 2.38. The minimum Gasteiger partial charge on any atom is -0.496 e. The number of amides is 1. The second-order valence-electron chi connectivity index (χ2n) is 4.94. The number of hydrogen-bond acceptors (Lipinski definition) is 3. The molecule has 0 bridgehead atoms. The van der Waals surface area contributed by atoms with Crippen LogP contribution in [0.4, 0.5) is 0 Å². The van der Waals surface area contributed by atoms with Gasteiger partial charge in [0.1, 0.15) is 5.75 Å². The number of benzene rings is 1. The van der Waals surface area contributed by atoms with Gasteiger partial charge < -0.3 is 10.1 Å². The number of carbonyl (C=O) groups excluding carboxylic acids is 1. The van der Waals surface area contributed by atoms with Gasteiger partial charge in [0.25, 0.3) is 5.91 Å². The first-order valence-corrected chi connectivity index (χ1v) is 7.00. The predicted molar refractivity (Wildman–Crippen MR) is 81.4 cm³/mol. The Morgan fingerprint density at radius 1 is 1.43 bits per heavy atom. The minimum absolute atomic E-state index is 0.0896. The van der Waals surface area contributed by atoms with Crippen molar-refractivity contribution in [1.29, 1.82) is 0 Å². The fourth-order valence-corrected chi connectivity index (χ4v) is 2.31. The molecule has 1 amide bonds. The minimum atomic E-state index is -0.113. The van der Waals surface area contributed by atoms with Crippen molar-refractivity contribution in [2.45, 2.75) is 26.3 Å². The molecular formula is C16H21N3O2. The van der Waals surface area contributed by atoms with E-state index in [-0.39, 0.29) is 11.9 Å². The molecule has 0 saturated heterocycles. The Balaban J connectivity index is 2.23. The molecule has 0 aliphatic carbocycles. The van der Waals surface area contributed by atoms with Crippen molar-refractivity contribution in [2.75, 3.05) is 7.11 Å². The van der Waals surface area contributed by atoms with Gasteiger partial charge in [-0.15, -0.1) is 0 Å². The highest BCUT2D eigenvalue weighted by Gasteiger charge is 2.19. The van der Waals surface area contributed by atoms with Crippen molar-refractivity contribution >= 4 is 5.91 Å². The average Bonchev–Trinajstić information content (AvgIpc) is 2.84. The van der Waals surface area contributed by atoms with Gasteiger partial charge in [-0.2, -0.15) is 5.10 Å². The Morgan fingerprint density at radius 3 is 2.71 bits per heavy atom. The number of carbonyl (C=O) groups is 1. The van der Waals surface area contributed by atoms with Crippen molar-refractivity contribution in [1.82, 2.24) is 15.1 Å². The lowest BCUT2D eigenvalue weighted by Gasteiger charge is -2.19. The van der Waals surface area contributed by atoms with Gasteiger partial charge in [0.15, 0.2) is 0 Å². The number of nitrogens with one attached hydrogen (secondary N) is 1. The zero-order valence-electron chi connectivity index (χ0n) is 12.9. The molecule has 1 unspecified atom stereocenters. The molecule has 2 aromatic rings. The molecule has 0 aliphatic rings. The number of aryl methyl sites for hydroxylation is 1. The van der Waals surface area contributed by atoms with Gasteiger partial charge in [0.2, 0.25) is 0 Å². The van der Waals surface area contributed by atoms with Crippen LogP contribution in [0, 0.1) is 6.92 Å². The summed E-state index contributed by atoms with van der Waals surface area (Å²) in [5.41, 5.74) is 2.44. The van der Waals surface area contributed by atoms with E-state index in [9.17, 15) is 4.79 Å². The molecule has 1 aromatic heterocycles. The smallest absolute Gasteiger partial charge is 0.255 e. The summed E-state index contributed by atoms with van der Waals surface area (Å²) < 4.78 is 7.07. The first-order valence-electron chi connectivity index (χ1n) is 7.00. The molecule has 21 heavy (non-hydrogen) atoms. The maximum absolute atomic E-state index is 12.4. The Kier molecular flexibility index (Phi) is 4.62. The molecule has 0 saturated carbocycles. The molecule has 1 N–H and O–H groups in total. The van der Waals surface area contributed by atoms with Crippen LogP contribution < -0.4 is 10.1 Å². The van der Waals surface area contributed by atoms with Gasteiger partial charge in [0, 0.05) is 18.3 Å². The van der Waals surface area contributed by atoms with Gasteiger partial charge in [-0.25, -0.2) is 0 Å². The summed E-state index contributed by atoms with van der Waals surface area (Å²) in [5, 5.41) is 7.16. The normalized spacial score (nSPS) is 12.0. The van der Waals surface area contributed by atoms with E-state index >= 15 is 0 Å². The number of hydrogen-bond donors (Lipinski definition) is 1. The van der Waals surface area contributed by atoms with E-state index < -0.39 is 0 Å². The number of para-hydroxylation sites is 1. The Bertz CT molecular complexity index is 634. The van der Waals surface area contributed by atoms with Crippen molar-refractivity contribution < 1.29 is 9.53 Å². The summed E-state index contributed by atoms with van der Waals surface area (Å²) in [6.45, 7) is 3.92. The number of aromatic nitrogens is 2. The van der Waals surface area contributed by atoms with Crippen molar-refractivity contribution in [3.63, 3.8) is 0 Å². The maximum Gasteiger partial charge on any atom is 0.255 e. The first-order chi connectivity index (χ1) is 10.1. The molecule has 5 nitrogen and oxygen atoms in total. The lowest BCUT2D eigenvalue weighted by atomic mass is 10.0. The topological polar surface area (TPSA) is 56.2 Å². The van der Waals surface area contributed by atoms with Crippen molar-refractivity contribution in [3.8, 4) is 5.75 Å². The third-order valence-corrected chi connectivity index (χ3v) is 3.71. The van der Waals surface area contributed by atoms with E-state index in [2.05, 4.69) is 10.4 Å². The van der Waals surface area contributed by atoms with Crippen LogP contribution >= 0.6 is 0 Å². The molecule has 5 heteroatoms. The van der Waals surface area contributed by atoms with Gasteiger partial charge in [-0.05, 0) is 19.4 Å². The van der Waals surface area contributed by atoms with E-state index in [0.29, 0.717) is 5.56 Å². The van der Waals surface area contributed by atoms with Crippen LogP contribution in [0.25, 0.3) is 0 Å².